The number of rotatable bonds is 6. The molecular weight excluding hydrogens is 484 g/mol. The van der Waals surface area contributed by atoms with E-state index < -0.39 is 5.60 Å². The standard InChI is InChI=1S/C29H32N4O5/c1-29(2,3)38-28(35)33-17-22(18-33)37-21-9-12-30-25(15-21)26-23-11-14-32(27(34)24(23)10-13-31-26)16-19-5-7-20(36-4)8-6-19/h5-10,12-13,15,22H,11,14,16-18H2,1-4H3. The second-order valence-corrected chi connectivity index (χ2v) is 10.5. The maximum atomic E-state index is 13.3. The smallest absolute Gasteiger partial charge is 0.410 e. The van der Waals surface area contributed by atoms with Gasteiger partial charge in [0.05, 0.1) is 31.6 Å². The number of fused-ring (bicyclic) bond motifs is 1. The fraction of sp³-hybridized carbons (Fsp3) is 0.379. The molecule has 2 aliphatic rings. The van der Waals surface area contributed by atoms with Crippen molar-refractivity contribution in [1.82, 2.24) is 19.8 Å². The fourth-order valence-corrected chi connectivity index (χ4v) is 4.58. The zero-order chi connectivity index (χ0) is 26.9. The average molecular weight is 517 g/mol. The number of hydrogen-bond donors (Lipinski definition) is 0. The first-order valence-corrected chi connectivity index (χ1v) is 12.7. The number of likely N-dealkylation sites (tertiary alicyclic amines) is 1. The van der Waals surface area contributed by atoms with E-state index in [0.29, 0.717) is 55.3 Å². The molecule has 3 aromatic rings. The van der Waals surface area contributed by atoms with Crippen LogP contribution in [0.2, 0.25) is 0 Å². The van der Waals surface area contributed by atoms with Crippen LogP contribution in [0.15, 0.2) is 54.9 Å². The summed E-state index contributed by atoms with van der Waals surface area (Å²) in [6.45, 7) is 7.59. The van der Waals surface area contributed by atoms with Crippen LogP contribution in [0.5, 0.6) is 11.5 Å². The molecule has 0 atom stereocenters. The molecule has 0 saturated carbocycles. The lowest BCUT2D eigenvalue weighted by Gasteiger charge is -2.39. The minimum Gasteiger partial charge on any atom is -0.497 e. The molecule has 2 amide bonds. The number of benzene rings is 1. The molecule has 1 fully saturated rings. The van der Waals surface area contributed by atoms with Gasteiger partial charge in [-0.05, 0) is 62.6 Å². The van der Waals surface area contributed by atoms with Crippen LogP contribution in [0, 0.1) is 0 Å². The molecule has 1 aromatic carbocycles. The van der Waals surface area contributed by atoms with Crippen LogP contribution in [0.25, 0.3) is 11.4 Å². The first-order valence-electron chi connectivity index (χ1n) is 12.7. The molecule has 0 aliphatic carbocycles. The Labute approximate surface area is 222 Å². The minimum atomic E-state index is -0.529. The first-order chi connectivity index (χ1) is 18.2. The number of amides is 2. The van der Waals surface area contributed by atoms with Gasteiger partial charge >= 0.3 is 6.09 Å². The third kappa shape index (κ3) is 5.56. The van der Waals surface area contributed by atoms with E-state index >= 15 is 0 Å². The van der Waals surface area contributed by atoms with Crippen LogP contribution in [-0.2, 0) is 17.7 Å². The summed E-state index contributed by atoms with van der Waals surface area (Å²) in [6.07, 6.45) is 3.56. The molecule has 5 rings (SSSR count). The van der Waals surface area contributed by atoms with Crippen molar-refractivity contribution in [3.8, 4) is 22.9 Å². The van der Waals surface area contributed by atoms with Crippen LogP contribution in [-0.4, -0.2) is 70.2 Å². The summed E-state index contributed by atoms with van der Waals surface area (Å²) in [7, 11) is 1.63. The van der Waals surface area contributed by atoms with Crippen molar-refractivity contribution in [1.29, 1.82) is 0 Å². The Bertz CT molecular complexity index is 1330. The van der Waals surface area contributed by atoms with Crippen LogP contribution in [0.1, 0.15) is 42.3 Å². The van der Waals surface area contributed by atoms with Gasteiger partial charge < -0.3 is 24.0 Å². The minimum absolute atomic E-state index is 0.0187. The van der Waals surface area contributed by atoms with Gasteiger partial charge in [0.1, 0.15) is 23.2 Å². The maximum absolute atomic E-state index is 13.3. The predicted molar refractivity (Wildman–Crippen MR) is 141 cm³/mol. The van der Waals surface area contributed by atoms with Crippen molar-refractivity contribution in [2.24, 2.45) is 0 Å². The number of pyridine rings is 2. The highest BCUT2D eigenvalue weighted by molar-refractivity contribution is 5.98. The number of aromatic nitrogens is 2. The summed E-state index contributed by atoms with van der Waals surface area (Å²) in [6, 6.07) is 13.2. The first kappa shape index (κ1) is 25.5. The molecule has 0 bridgehead atoms. The Kier molecular flexibility index (Phi) is 6.93. The highest BCUT2D eigenvalue weighted by Crippen LogP contribution is 2.30. The van der Waals surface area contributed by atoms with E-state index in [1.165, 1.54) is 0 Å². The van der Waals surface area contributed by atoms with Gasteiger partial charge in [0.25, 0.3) is 5.91 Å². The van der Waals surface area contributed by atoms with Crippen molar-refractivity contribution in [2.45, 2.75) is 45.4 Å². The lowest BCUT2D eigenvalue weighted by Crippen LogP contribution is -2.57. The molecule has 0 unspecified atom stereocenters. The van der Waals surface area contributed by atoms with Gasteiger partial charge in [-0.2, -0.15) is 0 Å². The monoisotopic (exact) mass is 516 g/mol. The van der Waals surface area contributed by atoms with Crippen molar-refractivity contribution >= 4 is 12.0 Å². The molecule has 0 N–H and O–H groups in total. The largest absolute Gasteiger partial charge is 0.497 e. The maximum Gasteiger partial charge on any atom is 0.410 e. The van der Waals surface area contributed by atoms with E-state index in [0.717, 1.165) is 16.9 Å². The third-order valence-electron chi connectivity index (χ3n) is 6.51. The second-order valence-electron chi connectivity index (χ2n) is 10.5. The number of carbonyl (C=O) groups excluding carboxylic acids is 2. The normalized spacial score (nSPS) is 15.5. The molecule has 198 valence electrons. The zero-order valence-electron chi connectivity index (χ0n) is 22.1. The summed E-state index contributed by atoms with van der Waals surface area (Å²) in [4.78, 5) is 38.1. The highest BCUT2D eigenvalue weighted by atomic mass is 16.6. The van der Waals surface area contributed by atoms with Gasteiger partial charge in [-0.1, -0.05) is 12.1 Å². The molecule has 0 radical (unpaired) electrons. The summed E-state index contributed by atoms with van der Waals surface area (Å²) in [5.74, 6) is 1.41. The van der Waals surface area contributed by atoms with E-state index in [2.05, 4.69) is 9.97 Å². The van der Waals surface area contributed by atoms with E-state index in [4.69, 9.17) is 14.2 Å². The molecule has 9 heteroatoms. The summed E-state index contributed by atoms with van der Waals surface area (Å²) < 4.78 is 16.7. The Morgan fingerprint density at radius 2 is 1.76 bits per heavy atom. The van der Waals surface area contributed by atoms with E-state index in [-0.39, 0.29) is 18.1 Å². The SMILES string of the molecule is COc1ccc(CN2CCc3c(ccnc3-c3cc(OC4CN(C(=O)OC(C)(C)C)C4)ccn3)C2=O)cc1. The lowest BCUT2D eigenvalue weighted by atomic mass is 9.96. The molecule has 38 heavy (non-hydrogen) atoms. The number of carbonyl (C=O) groups is 2. The molecule has 2 aliphatic heterocycles. The fourth-order valence-electron chi connectivity index (χ4n) is 4.58. The van der Waals surface area contributed by atoms with Crippen LogP contribution in [0.3, 0.4) is 0 Å². The van der Waals surface area contributed by atoms with Crippen LogP contribution < -0.4 is 9.47 Å². The quantitative estimate of drug-likeness (QED) is 0.481. The zero-order valence-corrected chi connectivity index (χ0v) is 22.1. The van der Waals surface area contributed by atoms with Gasteiger partial charge in [0.15, 0.2) is 0 Å². The number of nitrogens with zero attached hydrogens (tertiary/aromatic N) is 4. The molecular formula is C29H32N4O5. The van der Waals surface area contributed by atoms with Crippen molar-refractivity contribution in [3.05, 3.63) is 71.5 Å². The summed E-state index contributed by atoms with van der Waals surface area (Å²) in [5.41, 5.74) is 3.40. The van der Waals surface area contributed by atoms with Crippen molar-refractivity contribution < 1.29 is 23.8 Å². The van der Waals surface area contributed by atoms with Gasteiger partial charge in [-0.25, -0.2) is 4.79 Å². The van der Waals surface area contributed by atoms with Gasteiger partial charge in [0.2, 0.25) is 0 Å². The molecule has 4 heterocycles. The lowest BCUT2D eigenvalue weighted by molar-refractivity contribution is -0.0221. The average Bonchev–Trinajstić information content (AvgIpc) is 2.87. The summed E-state index contributed by atoms with van der Waals surface area (Å²) >= 11 is 0. The van der Waals surface area contributed by atoms with Gasteiger partial charge in [0, 0.05) is 37.1 Å². The highest BCUT2D eigenvalue weighted by Gasteiger charge is 2.35. The molecule has 1 saturated heterocycles. The van der Waals surface area contributed by atoms with E-state index in [1.54, 1.807) is 36.5 Å². The second kappa shape index (κ2) is 10.3. The molecule has 9 nitrogen and oxygen atoms in total. The Hall–Kier alpha value is -4.14. The molecule has 0 spiro atoms. The Morgan fingerprint density at radius 3 is 2.47 bits per heavy atom. The summed E-state index contributed by atoms with van der Waals surface area (Å²) in [5, 5.41) is 0. The number of hydrogen-bond acceptors (Lipinski definition) is 7. The number of methoxy groups -OCH3 is 1. The third-order valence-corrected chi connectivity index (χ3v) is 6.51. The van der Waals surface area contributed by atoms with Crippen molar-refractivity contribution in [2.75, 3.05) is 26.7 Å². The molecule has 2 aromatic heterocycles. The van der Waals surface area contributed by atoms with Crippen molar-refractivity contribution in [3.63, 3.8) is 0 Å². The van der Waals surface area contributed by atoms with Crippen LogP contribution >= 0.6 is 0 Å². The predicted octanol–water partition coefficient (Wildman–Crippen LogP) is 4.35. The van der Waals surface area contributed by atoms with Crippen LogP contribution in [0.4, 0.5) is 4.79 Å². The Balaban J connectivity index is 1.26. The van der Waals surface area contributed by atoms with Gasteiger partial charge in [-0.3, -0.25) is 14.8 Å². The van der Waals surface area contributed by atoms with Gasteiger partial charge in [-0.15, -0.1) is 0 Å². The van der Waals surface area contributed by atoms with E-state index in [1.807, 2.05) is 56.0 Å². The van der Waals surface area contributed by atoms with E-state index in [9.17, 15) is 9.59 Å². The Morgan fingerprint density at radius 1 is 1.03 bits per heavy atom. The topological polar surface area (TPSA) is 94.1 Å². The number of ether oxygens (including phenoxy) is 3.